The molecule has 1 heterocycles. The predicted octanol–water partition coefficient (Wildman–Crippen LogP) is 0.808. The van der Waals surface area contributed by atoms with E-state index in [0.29, 0.717) is 12.8 Å². The zero-order valence-corrected chi connectivity index (χ0v) is 10.6. The second-order valence-electron chi connectivity index (χ2n) is 5.13. The number of hydrogen-bond donors (Lipinski definition) is 1. The van der Waals surface area contributed by atoms with Crippen molar-refractivity contribution in [3.8, 4) is 0 Å². The van der Waals surface area contributed by atoms with E-state index in [1.54, 1.807) is 13.8 Å². The molecule has 0 bridgehead atoms. The average Bonchev–Trinajstić information content (AvgIpc) is 2.91. The van der Waals surface area contributed by atoms with Gasteiger partial charge in [-0.3, -0.25) is 4.79 Å². The minimum Gasteiger partial charge on any atom is -0.455 e. The normalized spacial score (nSPS) is 32.8. The van der Waals surface area contributed by atoms with Gasteiger partial charge in [-0.05, 0) is 25.8 Å². The van der Waals surface area contributed by atoms with E-state index in [0.717, 1.165) is 0 Å². The lowest BCUT2D eigenvalue weighted by molar-refractivity contribution is -0.171. The third-order valence-corrected chi connectivity index (χ3v) is 3.89. The molecule has 5 nitrogen and oxygen atoms in total. The van der Waals surface area contributed by atoms with Gasteiger partial charge < -0.3 is 14.6 Å². The highest BCUT2D eigenvalue weighted by Gasteiger charge is 2.49. The number of aliphatic hydroxyl groups is 1. The van der Waals surface area contributed by atoms with Crippen molar-refractivity contribution in [1.82, 2.24) is 0 Å². The topological polar surface area (TPSA) is 72.8 Å². The van der Waals surface area contributed by atoms with Gasteiger partial charge in [0.1, 0.15) is 6.10 Å². The van der Waals surface area contributed by atoms with Gasteiger partial charge in [-0.2, -0.15) is 0 Å². The SMILES string of the molecule is CCC(C)(CO)C(=O)OC1C(=O)OC2C=CCC21. The molecule has 0 spiro atoms. The first kappa shape index (κ1) is 13.1. The van der Waals surface area contributed by atoms with E-state index < -0.39 is 23.5 Å². The number of carbonyl (C=O) groups excluding carboxylic acids is 2. The highest BCUT2D eigenvalue weighted by Crippen LogP contribution is 2.35. The zero-order chi connectivity index (χ0) is 13.3. The Hall–Kier alpha value is -1.36. The molecule has 18 heavy (non-hydrogen) atoms. The van der Waals surface area contributed by atoms with E-state index in [1.165, 1.54) is 0 Å². The van der Waals surface area contributed by atoms with Crippen molar-refractivity contribution in [3.05, 3.63) is 12.2 Å². The Bertz CT molecular complexity index is 383. The van der Waals surface area contributed by atoms with Gasteiger partial charge in [0.25, 0.3) is 0 Å². The Morgan fingerprint density at radius 1 is 1.67 bits per heavy atom. The van der Waals surface area contributed by atoms with Crippen LogP contribution < -0.4 is 0 Å². The molecule has 0 amide bonds. The molecule has 1 aliphatic heterocycles. The molecule has 1 fully saturated rings. The van der Waals surface area contributed by atoms with Crippen LogP contribution in [0.15, 0.2) is 12.2 Å². The summed E-state index contributed by atoms with van der Waals surface area (Å²) in [5.74, 6) is -1.14. The van der Waals surface area contributed by atoms with E-state index in [-0.39, 0.29) is 18.6 Å². The van der Waals surface area contributed by atoms with Crippen molar-refractivity contribution < 1.29 is 24.2 Å². The summed E-state index contributed by atoms with van der Waals surface area (Å²) in [7, 11) is 0. The van der Waals surface area contributed by atoms with Crippen LogP contribution >= 0.6 is 0 Å². The highest BCUT2D eigenvalue weighted by molar-refractivity contribution is 5.84. The summed E-state index contributed by atoms with van der Waals surface area (Å²) in [5.41, 5.74) is -0.954. The van der Waals surface area contributed by atoms with Crippen LogP contribution in [-0.2, 0) is 19.1 Å². The molecule has 0 radical (unpaired) electrons. The smallest absolute Gasteiger partial charge is 0.348 e. The van der Waals surface area contributed by atoms with Gasteiger partial charge in [-0.1, -0.05) is 13.0 Å². The second-order valence-corrected chi connectivity index (χ2v) is 5.13. The summed E-state index contributed by atoms with van der Waals surface area (Å²) in [6, 6.07) is 0. The van der Waals surface area contributed by atoms with Gasteiger partial charge in [0.2, 0.25) is 6.10 Å². The van der Waals surface area contributed by atoms with Crippen molar-refractivity contribution in [1.29, 1.82) is 0 Å². The lowest BCUT2D eigenvalue weighted by Gasteiger charge is -2.25. The van der Waals surface area contributed by atoms with Gasteiger partial charge in [0.15, 0.2) is 0 Å². The molecule has 0 aromatic rings. The Morgan fingerprint density at radius 2 is 2.39 bits per heavy atom. The number of rotatable bonds is 4. The monoisotopic (exact) mass is 254 g/mol. The maximum atomic E-state index is 12.0. The van der Waals surface area contributed by atoms with Gasteiger partial charge in [-0.25, -0.2) is 4.79 Å². The van der Waals surface area contributed by atoms with Crippen molar-refractivity contribution >= 4 is 11.9 Å². The number of aliphatic hydroxyl groups excluding tert-OH is 1. The van der Waals surface area contributed by atoms with Crippen LogP contribution in [0.3, 0.4) is 0 Å². The number of hydrogen-bond acceptors (Lipinski definition) is 5. The third-order valence-electron chi connectivity index (χ3n) is 3.89. The van der Waals surface area contributed by atoms with E-state index in [2.05, 4.69) is 0 Å². The first-order valence-corrected chi connectivity index (χ1v) is 6.21. The third kappa shape index (κ3) is 2.03. The van der Waals surface area contributed by atoms with Gasteiger partial charge in [-0.15, -0.1) is 0 Å². The molecular weight excluding hydrogens is 236 g/mol. The molecule has 2 rings (SSSR count). The number of fused-ring (bicyclic) bond motifs is 1. The van der Waals surface area contributed by atoms with Crippen molar-refractivity contribution in [2.75, 3.05) is 6.61 Å². The number of ether oxygens (including phenoxy) is 2. The molecule has 1 N–H and O–H groups in total. The summed E-state index contributed by atoms with van der Waals surface area (Å²) in [6.07, 6.45) is 3.77. The van der Waals surface area contributed by atoms with Crippen LogP contribution in [0.2, 0.25) is 0 Å². The lowest BCUT2D eigenvalue weighted by Crippen LogP contribution is -2.38. The molecule has 0 saturated carbocycles. The number of carbonyl (C=O) groups is 2. The fraction of sp³-hybridized carbons (Fsp3) is 0.692. The molecule has 0 aromatic heterocycles. The molecule has 100 valence electrons. The van der Waals surface area contributed by atoms with Crippen LogP contribution in [0.4, 0.5) is 0 Å². The van der Waals surface area contributed by atoms with Crippen molar-refractivity contribution in [2.24, 2.45) is 11.3 Å². The van der Waals surface area contributed by atoms with Crippen LogP contribution in [0.25, 0.3) is 0 Å². The van der Waals surface area contributed by atoms with Crippen LogP contribution in [0.5, 0.6) is 0 Å². The summed E-state index contributed by atoms with van der Waals surface area (Å²) < 4.78 is 10.4. The molecule has 4 unspecified atom stereocenters. The largest absolute Gasteiger partial charge is 0.455 e. The minimum absolute atomic E-state index is 0.110. The predicted molar refractivity (Wildman–Crippen MR) is 62.5 cm³/mol. The second kappa shape index (κ2) is 4.72. The van der Waals surface area contributed by atoms with Crippen LogP contribution in [0.1, 0.15) is 26.7 Å². The Kier molecular flexibility index (Phi) is 3.43. The number of allylic oxidation sites excluding steroid dienone is 1. The van der Waals surface area contributed by atoms with Crippen molar-refractivity contribution in [3.63, 3.8) is 0 Å². The zero-order valence-electron chi connectivity index (χ0n) is 10.6. The fourth-order valence-corrected chi connectivity index (χ4v) is 2.16. The molecule has 1 saturated heterocycles. The van der Waals surface area contributed by atoms with E-state index in [1.807, 2.05) is 12.2 Å². The summed E-state index contributed by atoms with van der Waals surface area (Å²) >= 11 is 0. The fourth-order valence-electron chi connectivity index (χ4n) is 2.16. The first-order chi connectivity index (χ1) is 8.51. The Balaban J connectivity index is 2.05. The summed E-state index contributed by atoms with van der Waals surface area (Å²) in [6.45, 7) is 3.13. The Morgan fingerprint density at radius 3 is 3.00 bits per heavy atom. The average molecular weight is 254 g/mol. The first-order valence-electron chi connectivity index (χ1n) is 6.21. The van der Waals surface area contributed by atoms with Crippen LogP contribution in [-0.4, -0.2) is 35.9 Å². The van der Waals surface area contributed by atoms with Crippen LogP contribution in [0, 0.1) is 11.3 Å². The van der Waals surface area contributed by atoms with Gasteiger partial charge in [0, 0.05) is 0 Å². The van der Waals surface area contributed by atoms with Gasteiger partial charge >= 0.3 is 11.9 Å². The standard InChI is InChI=1S/C13H18O5/c1-3-13(2,7-14)12(16)18-10-8-5-4-6-9(8)17-11(10)15/h4,6,8-10,14H,3,5,7H2,1-2H3. The van der Waals surface area contributed by atoms with E-state index >= 15 is 0 Å². The highest BCUT2D eigenvalue weighted by atomic mass is 16.6. The Labute approximate surface area is 106 Å². The summed E-state index contributed by atoms with van der Waals surface area (Å²) in [4.78, 5) is 23.6. The molecule has 5 heteroatoms. The summed E-state index contributed by atoms with van der Waals surface area (Å²) in [5, 5.41) is 9.25. The number of esters is 2. The van der Waals surface area contributed by atoms with Crippen molar-refractivity contribution in [2.45, 2.75) is 38.9 Å². The molecular formula is C13H18O5. The molecule has 0 aromatic carbocycles. The lowest BCUT2D eigenvalue weighted by atomic mass is 9.88. The quantitative estimate of drug-likeness (QED) is 0.593. The minimum atomic E-state index is -0.954. The molecule has 4 atom stereocenters. The molecule has 1 aliphatic carbocycles. The van der Waals surface area contributed by atoms with Gasteiger partial charge in [0.05, 0.1) is 17.9 Å². The molecule has 2 aliphatic rings. The maximum absolute atomic E-state index is 12.0. The van der Waals surface area contributed by atoms with E-state index in [9.17, 15) is 14.7 Å². The maximum Gasteiger partial charge on any atom is 0.348 e. The van der Waals surface area contributed by atoms with E-state index in [4.69, 9.17) is 9.47 Å².